The first-order valence-corrected chi connectivity index (χ1v) is 12.0. The Morgan fingerprint density at radius 3 is 2.49 bits per heavy atom. The number of methoxy groups -OCH3 is 1. The number of fused-ring (bicyclic) bond motifs is 1. The van der Waals surface area contributed by atoms with Crippen LogP contribution in [0, 0.1) is 12.7 Å². The highest BCUT2D eigenvalue weighted by atomic mass is 19.1. The highest BCUT2D eigenvalue weighted by molar-refractivity contribution is 5.72. The lowest BCUT2D eigenvalue weighted by atomic mass is 9.80. The number of ether oxygens (including phenoxy) is 2. The van der Waals surface area contributed by atoms with Crippen LogP contribution in [0.1, 0.15) is 67.3 Å². The van der Waals surface area contributed by atoms with Crippen molar-refractivity contribution >= 4 is 5.97 Å². The molecule has 0 amide bonds. The van der Waals surface area contributed by atoms with Gasteiger partial charge in [0, 0.05) is 5.56 Å². The smallest absolute Gasteiger partial charge is 0.303 e. The Balaban J connectivity index is 1.64. The lowest BCUT2D eigenvalue weighted by Gasteiger charge is -2.26. The molecule has 0 radical (unpaired) electrons. The Bertz CT molecular complexity index is 1260. The second-order valence-electron chi connectivity index (χ2n) is 10.4. The van der Waals surface area contributed by atoms with Gasteiger partial charge < -0.3 is 14.6 Å². The van der Waals surface area contributed by atoms with Crippen LogP contribution >= 0.6 is 0 Å². The van der Waals surface area contributed by atoms with Gasteiger partial charge in [-0.05, 0) is 94.8 Å². The van der Waals surface area contributed by atoms with Gasteiger partial charge in [-0.3, -0.25) is 4.79 Å². The number of aryl methyl sites for hydroxylation is 2. The first-order valence-electron chi connectivity index (χ1n) is 12.0. The van der Waals surface area contributed by atoms with Gasteiger partial charge in [0.25, 0.3) is 0 Å². The van der Waals surface area contributed by atoms with Gasteiger partial charge in [-0.2, -0.15) is 0 Å². The maximum Gasteiger partial charge on any atom is 0.303 e. The summed E-state index contributed by atoms with van der Waals surface area (Å²) in [6.07, 6.45) is 1.91. The van der Waals surface area contributed by atoms with Gasteiger partial charge in [0.15, 0.2) is 0 Å². The van der Waals surface area contributed by atoms with E-state index in [-0.39, 0.29) is 23.6 Å². The molecule has 3 aromatic carbocycles. The van der Waals surface area contributed by atoms with Crippen LogP contribution in [0.15, 0.2) is 48.5 Å². The number of carbonyl (C=O) groups is 1. The van der Waals surface area contributed by atoms with E-state index < -0.39 is 5.97 Å². The minimum absolute atomic E-state index is 0.0392. The van der Waals surface area contributed by atoms with Crippen molar-refractivity contribution < 1.29 is 23.8 Å². The Labute approximate surface area is 206 Å². The molecule has 0 saturated heterocycles. The molecule has 0 fully saturated rings. The van der Waals surface area contributed by atoms with Crippen molar-refractivity contribution in [3.8, 4) is 22.6 Å². The fraction of sp³-hybridized carbons (Fsp3) is 0.367. The molecule has 35 heavy (non-hydrogen) atoms. The average molecular weight is 477 g/mol. The van der Waals surface area contributed by atoms with Crippen molar-refractivity contribution in [3.05, 3.63) is 82.2 Å². The van der Waals surface area contributed by atoms with Crippen LogP contribution in [0.25, 0.3) is 11.1 Å². The molecule has 1 N–H and O–H groups in total. The predicted octanol–water partition coefficient (Wildman–Crippen LogP) is 7.19. The van der Waals surface area contributed by atoms with Gasteiger partial charge >= 0.3 is 5.97 Å². The van der Waals surface area contributed by atoms with E-state index in [1.807, 2.05) is 25.1 Å². The highest BCUT2D eigenvalue weighted by Crippen LogP contribution is 2.39. The second-order valence-corrected chi connectivity index (χ2v) is 10.4. The third kappa shape index (κ3) is 5.34. The average Bonchev–Trinajstić information content (AvgIpc) is 3.19. The molecule has 0 aromatic heterocycles. The molecule has 184 valence electrons. The van der Waals surface area contributed by atoms with Gasteiger partial charge in [-0.25, -0.2) is 4.39 Å². The second kappa shape index (κ2) is 9.73. The van der Waals surface area contributed by atoms with Crippen LogP contribution < -0.4 is 9.47 Å². The third-order valence-electron chi connectivity index (χ3n) is 6.88. The van der Waals surface area contributed by atoms with Crippen molar-refractivity contribution in [2.45, 2.75) is 64.9 Å². The molecule has 0 unspecified atom stereocenters. The van der Waals surface area contributed by atoms with E-state index in [4.69, 9.17) is 9.47 Å². The van der Waals surface area contributed by atoms with Crippen molar-refractivity contribution in [1.82, 2.24) is 0 Å². The topological polar surface area (TPSA) is 55.8 Å². The zero-order valence-corrected chi connectivity index (χ0v) is 21.1. The Morgan fingerprint density at radius 1 is 1.06 bits per heavy atom. The standard InChI is InChI=1S/C30H33FO4/c1-18-12-25(26-15-22(34-5)10-11-28(26)31)27(30(2,3)4)13-21(18)17-35-23-9-8-19-6-7-20(14-29(32)33)24(19)16-23/h8-13,15-16,20H,6-7,14,17H2,1-5H3,(H,32,33)/t20-/m1/s1. The maximum atomic E-state index is 14.9. The molecule has 4 rings (SSSR count). The molecule has 5 heteroatoms. The summed E-state index contributed by atoms with van der Waals surface area (Å²) in [5.74, 6) is 0.336. The van der Waals surface area contributed by atoms with Crippen molar-refractivity contribution in [2.75, 3.05) is 7.11 Å². The molecular formula is C30H33FO4. The first kappa shape index (κ1) is 24.8. The summed E-state index contributed by atoms with van der Waals surface area (Å²) >= 11 is 0. The normalized spacial score (nSPS) is 15.1. The highest BCUT2D eigenvalue weighted by Gasteiger charge is 2.26. The lowest BCUT2D eigenvalue weighted by molar-refractivity contribution is -0.137. The number of hydrogen-bond acceptors (Lipinski definition) is 3. The Kier molecular flexibility index (Phi) is 6.88. The number of halogens is 1. The van der Waals surface area contributed by atoms with Gasteiger partial charge in [0.2, 0.25) is 0 Å². The van der Waals surface area contributed by atoms with Gasteiger partial charge in [0.05, 0.1) is 13.5 Å². The summed E-state index contributed by atoms with van der Waals surface area (Å²) < 4.78 is 26.4. The van der Waals surface area contributed by atoms with Crippen molar-refractivity contribution in [1.29, 1.82) is 0 Å². The zero-order chi connectivity index (χ0) is 25.3. The quantitative estimate of drug-likeness (QED) is 0.392. The summed E-state index contributed by atoms with van der Waals surface area (Å²) in [4.78, 5) is 11.2. The third-order valence-corrected chi connectivity index (χ3v) is 6.88. The Hall–Kier alpha value is -3.34. The van der Waals surface area contributed by atoms with Gasteiger partial charge in [-0.1, -0.05) is 39.0 Å². The molecule has 0 aliphatic heterocycles. The molecule has 0 saturated carbocycles. The monoisotopic (exact) mass is 476 g/mol. The van der Waals surface area contributed by atoms with Crippen LogP contribution in [-0.4, -0.2) is 18.2 Å². The van der Waals surface area contributed by atoms with E-state index in [0.717, 1.165) is 46.4 Å². The first-order chi connectivity index (χ1) is 16.6. The molecule has 3 aromatic rings. The van der Waals surface area contributed by atoms with Crippen LogP contribution in [-0.2, 0) is 23.2 Å². The van der Waals surface area contributed by atoms with E-state index in [9.17, 15) is 14.3 Å². The maximum absolute atomic E-state index is 14.9. The summed E-state index contributed by atoms with van der Waals surface area (Å²) in [5.41, 5.74) is 6.52. The summed E-state index contributed by atoms with van der Waals surface area (Å²) in [5, 5.41) is 9.23. The molecule has 1 aliphatic carbocycles. The van der Waals surface area contributed by atoms with E-state index >= 15 is 0 Å². The molecular weight excluding hydrogens is 443 g/mol. The molecule has 4 nitrogen and oxygen atoms in total. The van der Waals surface area contributed by atoms with Crippen molar-refractivity contribution in [2.24, 2.45) is 0 Å². The number of carboxylic acids is 1. The van der Waals surface area contributed by atoms with E-state index in [2.05, 4.69) is 32.9 Å². The van der Waals surface area contributed by atoms with E-state index in [1.165, 1.54) is 11.6 Å². The van der Waals surface area contributed by atoms with Crippen LogP contribution in [0.4, 0.5) is 4.39 Å². The fourth-order valence-electron chi connectivity index (χ4n) is 4.93. The molecule has 0 heterocycles. The number of aliphatic carboxylic acids is 1. The summed E-state index contributed by atoms with van der Waals surface area (Å²) in [7, 11) is 1.58. The van der Waals surface area contributed by atoms with Crippen molar-refractivity contribution in [3.63, 3.8) is 0 Å². The molecule has 0 bridgehead atoms. The lowest BCUT2D eigenvalue weighted by Crippen LogP contribution is -2.15. The number of hydrogen-bond donors (Lipinski definition) is 1. The van der Waals surface area contributed by atoms with E-state index in [0.29, 0.717) is 17.9 Å². The predicted molar refractivity (Wildman–Crippen MR) is 136 cm³/mol. The number of benzene rings is 3. The number of rotatable bonds is 7. The fourth-order valence-corrected chi connectivity index (χ4v) is 4.93. The van der Waals surface area contributed by atoms with Crippen LogP contribution in [0.5, 0.6) is 11.5 Å². The van der Waals surface area contributed by atoms with Crippen LogP contribution in [0.3, 0.4) is 0 Å². The number of carboxylic acid groups (broad SMARTS) is 1. The minimum atomic E-state index is -0.771. The SMILES string of the molecule is COc1ccc(F)c(-c2cc(C)c(COc3ccc4c(c3)[C@@H](CC(=O)O)CC4)cc2C(C)(C)C)c1. The van der Waals surface area contributed by atoms with Crippen LogP contribution in [0.2, 0.25) is 0 Å². The largest absolute Gasteiger partial charge is 0.497 e. The Morgan fingerprint density at radius 2 is 1.80 bits per heavy atom. The molecule has 1 atom stereocenters. The zero-order valence-electron chi connectivity index (χ0n) is 21.1. The van der Waals surface area contributed by atoms with Gasteiger partial charge in [-0.15, -0.1) is 0 Å². The summed E-state index contributed by atoms with van der Waals surface area (Å²) in [6.45, 7) is 8.74. The molecule has 0 spiro atoms. The van der Waals surface area contributed by atoms with Gasteiger partial charge in [0.1, 0.15) is 23.9 Å². The van der Waals surface area contributed by atoms with E-state index in [1.54, 1.807) is 19.2 Å². The summed E-state index contributed by atoms with van der Waals surface area (Å²) in [6, 6.07) is 15.0. The molecule has 1 aliphatic rings. The minimum Gasteiger partial charge on any atom is -0.497 e.